The summed E-state index contributed by atoms with van der Waals surface area (Å²) < 4.78 is 12.3. The third kappa shape index (κ3) is 8.10. The quantitative estimate of drug-likeness (QED) is 0.341. The maximum Gasteiger partial charge on any atom is 1.00 e. The van der Waals surface area contributed by atoms with Crippen LogP contribution in [0.4, 0.5) is 4.39 Å². The van der Waals surface area contributed by atoms with Gasteiger partial charge in [0.1, 0.15) is 6.17 Å². The molecule has 0 rings (SSSR count). The van der Waals surface area contributed by atoms with Gasteiger partial charge in [0.25, 0.3) is 0 Å². The molecule has 0 amide bonds. The van der Waals surface area contributed by atoms with Crippen LogP contribution in [0.5, 0.6) is 0 Å². The molecule has 0 heterocycles. The average molecular weight is 168 g/mol. The molecule has 0 aliphatic heterocycles. The fourth-order valence-electron chi connectivity index (χ4n) is 0.868. The molecular formula is C8H14FLiO2. The first-order chi connectivity index (χ1) is 5.18. The van der Waals surface area contributed by atoms with Crippen molar-refractivity contribution in [2.75, 3.05) is 0 Å². The number of alkyl halides is 1. The molecule has 1 unspecified atom stereocenters. The topological polar surface area (TPSA) is 40.1 Å². The molecule has 0 aliphatic carbocycles. The standard InChI is InChI=1S/C8H15FO2.Li/c1-2-3-4-5-6-7(9)8(10)11;/h7H,2-6H2,1H3,(H,10,11);/q;+1/p-1. The summed E-state index contributed by atoms with van der Waals surface area (Å²) in [6.45, 7) is 2.05. The molecule has 0 saturated carbocycles. The first kappa shape index (κ1) is 14.5. The van der Waals surface area contributed by atoms with Crippen LogP contribution in [-0.2, 0) is 4.79 Å². The van der Waals surface area contributed by atoms with Crippen molar-refractivity contribution in [1.29, 1.82) is 0 Å². The number of halogens is 1. The Hall–Kier alpha value is -0.00260. The second kappa shape index (κ2) is 9.09. The Balaban J connectivity index is 0. The fourth-order valence-corrected chi connectivity index (χ4v) is 0.868. The molecule has 2 nitrogen and oxygen atoms in total. The Morgan fingerprint density at radius 2 is 2.00 bits per heavy atom. The molecule has 4 heteroatoms. The van der Waals surface area contributed by atoms with Crippen LogP contribution in [0.1, 0.15) is 39.0 Å². The van der Waals surface area contributed by atoms with Crippen LogP contribution in [0.15, 0.2) is 0 Å². The van der Waals surface area contributed by atoms with Crippen LogP contribution in [0.2, 0.25) is 0 Å². The van der Waals surface area contributed by atoms with Gasteiger partial charge in [0.2, 0.25) is 0 Å². The van der Waals surface area contributed by atoms with E-state index in [4.69, 9.17) is 0 Å². The van der Waals surface area contributed by atoms with Gasteiger partial charge in [-0.3, -0.25) is 0 Å². The van der Waals surface area contributed by atoms with Crippen molar-refractivity contribution in [3.8, 4) is 0 Å². The van der Waals surface area contributed by atoms with Crippen molar-refractivity contribution in [2.45, 2.75) is 45.2 Å². The van der Waals surface area contributed by atoms with Gasteiger partial charge in [-0.15, -0.1) is 0 Å². The van der Waals surface area contributed by atoms with E-state index >= 15 is 0 Å². The molecule has 0 aliphatic rings. The fraction of sp³-hybridized carbons (Fsp3) is 0.875. The number of carbonyl (C=O) groups excluding carboxylic acids is 1. The van der Waals surface area contributed by atoms with E-state index in [1.54, 1.807) is 0 Å². The summed E-state index contributed by atoms with van der Waals surface area (Å²) in [4.78, 5) is 9.88. The number of carboxylic acid groups (broad SMARTS) is 1. The van der Waals surface area contributed by atoms with E-state index in [1.807, 2.05) is 6.92 Å². The molecule has 0 aromatic carbocycles. The van der Waals surface area contributed by atoms with Crippen molar-refractivity contribution in [1.82, 2.24) is 0 Å². The summed E-state index contributed by atoms with van der Waals surface area (Å²) in [5.74, 6) is -1.58. The molecule has 0 N–H and O–H groups in total. The van der Waals surface area contributed by atoms with Crippen molar-refractivity contribution in [2.24, 2.45) is 0 Å². The van der Waals surface area contributed by atoms with E-state index in [0.29, 0.717) is 6.42 Å². The smallest absolute Gasteiger partial charge is 0.547 e. The maximum absolute atomic E-state index is 12.3. The molecule has 0 aromatic heterocycles. The molecule has 0 aromatic rings. The summed E-state index contributed by atoms with van der Waals surface area (Å²) in [7, 11) is 0. The number of unbranched alkanes of at least 4 members (excludes halogenated alkanes) is 3. The Kier molecular flexibility index (Phi) is 11.0. The van der Waals surface area contributed by atoms with Gasteiger partial charge in [-0.1, -0.05) is 32.6 Å². The van der Waals surface area contributed by atoms with Crippen LogP contribution in [-0.4, -0.2) is 12.1 Å². The van der Waals surface area contributed by atoms with Crippen molar-refractivity contribution >= 4 is 5.97 Å². The summed E-state index contributed by atoms with van der Waals surface area (Å²) in [5, 5.41) is 9.88. The molecule has 12 heavy (non-hydrogen) atoms. The van der Waals surface area contributed by atoms with Gasteiger partial charge in [-0.05, 0) is 6.42 Å². The molecular weight excluding hydrogens is 154 g/mol. The minimum Gasteiger partial charge on any atom is -0.547 e. The number of carbonyl (C=O) groups is 1. The van der Waals surface area contributed by atoms with E-state index in [9.17, 15) is 14.3 Å². The SMILES string of the molecule is CCCCCCC(F)C(=O)[O-].[Li+]. The van der Waals surface area contributed by atoms with Gasteiger partial charge in [0.15, 0.2) is 0 Å². The third-order valence-corrected chi connectivity index (χ3v) is 1.57. The molecule has 0 radical (unpaired) electrons. The number of rotatable bonds is 6. The second-order valence-corrected chi connectivity index (χ2v) is 2.64. The minimum atomic E-state index is -1.77. The van der Waals surface area contributed by atoms with Gasteiger partial charge in [0.05, 0.1) is 5.97 Å². The van der Waals surface area contributed by atoms with Gasteiger partial charge < -0.3 is 9.90 Å². The third-order valence-electron chi connectivity index (χ3n) is 1.57. The largest absolute Gasteiger partial charge is 1.00 e. The van der Waals surface area contributed by atoms with Gasteiger partial charge in [0, 0.05) is 0 Å². The van der Waals surface area contributed by atoms with Crippen LogP contribution < -0.4 is 24.0 Å². The zero-order valence-electron chi connectivity index (χ0n) is 7.81. The van der Waals surface area contributed by atoms with E-state index < -0.39 is 12.1 Å². The van der Waals surface area contributed by atoms with Crippen molar-refractivity contribution in [3.63, 3.8) is 0 Å². The summed E-state index contributed by atoms with van der Waals surface area (Å²) in [6, 6.07) is 0. The van der Waals surface area contributed by atoms with Gasteiger partial charge >= 0.3 is 18.9 Å². The predicted molar refractivity (Wildman–Crippen MR) is 38.7 cm³/mol. The van der Waals surface area contributed by atoms with E-state index in [1.165, 1.54) is 0 Å². The molecule has 0 fully saturated rings. The first-order valence-corrected chi connectivity index (χ1v) is 4.03. The van der Waals surface area contributed by atoms with E-state index in [-0.39, 0.29) is 25.3 Å². The Morgan fingerprint density at radius 3 is 2.42 bits per heavy atom. The molecule has 0 bridgehead atoms. The molecule has 0 saturated heterocycles. The Labute approximate surface area is 84.7 Å². The molecule has 1 atom stereocenters. The minimum absolute atomic E-state index is 0. The summed E-state index contributed by atoms with van der Waals surface area (Å²) in [5.41, 5.74) is 0. The number of aliphatic carboxylic acids is 1. The Morgan fingerprint density at radius 1 is 1.42 bits per heavy atom. The van der Waals surface area contributed by atoms with Gasteiger partial charge in [-0.25, -0.2) is 4.39 Å². The van der Waals surface area contributed by atoms with Crippen LogP contribution in [0.25, 0.3) is 0 Å². The Bertz CT molecular complexity index is 120. The summed E-state index contributed by atoms with van der Waals surface area (Å²) >= 11 is 0. The van der Waals surface area contributed by atoms with Gasteiger partial charge in [-0.2, -0.15) is 0 Å². The van der Waals surface area contributed by atoms with Crippen molar-refractivity contribution in [3.05, 3.63) is 0 Å². The average Bonchev–Trinajstić information content (AvgIpc) is 1.97. The zero-order chi connectivity index (χ0) is 8.69. The van der Waals surface area contributed by atoms with Crippen molar-refractivity contribution < 1.29 is 33.2 Å². The maximum atomic E-state index is 12.3. The van der Waals surface area contributed by atoms with E-state index in [2.05, 4.69) is 0 Å². The van der Waals surface area contributed by atoms with E-state index in [0.717, 1.165) is 19.3 Å². The number of hydrogen-bond donors (Lipinski definition) is 0. The zero-order valence-corrected chi connectivity index (χ0v) is 7.81. The summed E-state index contributed by atoms with van der Waals surface area (Å²) in [6.07, 6.45) is 1.99. The number of hydrogen-bond acceptors (Lipinski definition) is 2. The molecule has 0 spiro atoms. The monoisotopic (exact) mass is 168 g/mol. The number of carboxylic acids is 1. The predicted octanol–water partition coefficient (Wildman–Crippen LogP) is -1.95. The second-order valence-electron chi connectivity index (χ2n) is 2.64. The van der Waals surface area contributed by atoms with Crippen LogP contribution >= 0.6 is 0 Å². The molecule has 66 valence electrons. The van der Waals surface area contributed by atoms with Crippen LogP contribution in [0, 0.1) is 0 Å². The normalized spacial score (nSPS) is 11.8. The first-order valence-electron chi connectivity index (χ1n) is 4.03. The van der Waals surface area contributed by atoms with Crippen LogP contribution in [0.3, 0.4) is 0 Å².